The van der Waals surface area contributed by atoms with E-state index < -0.39 is 0 Å². The molecule has 18 heavy (non-hydrogen) atoms. The quantitative estimate of drug-likeness (QED) is 0.858. The molecule has 0 saturated heterocycles. The molecule has 1 aromatic carbocycles. The average molecular weight is 356 g/mol. The van der Waals surface area contributed by atoms with Gasteiger partial charge in [-0.1, -0.05) is 6.07 Å². The number of rotatable bonds is 3. The first kappa shape index (κ1) is 13.0. The maximum atomic E-state index is 11.8. The van der Waals surface area contributed by atoms with Gasteiger partial charge in [-0.3, -0.25) is 4.79 Å². The van der Waals surface area contributed by atoms with E-state index in [1.165, 1.54) is 10.2 Å². The molecule has 0 spiro atoms. The molecule has 0 fully saturated rings. The molecule has 1 N–H and O–H groups in total. The molecular formula is C12H13IN4O. The number of anilines is 1. The van der Waals surface area contributed by atoms with Gasteiger partial charge in [0.05, 0.1) is 0 Å². The van der Waals surface area contributed by atoms with E-state index in [9.17, 15) is 4.79 Å². The van der Waals surface area contributed by atoms with Crippen LogP contribution >= 0.6 is 22.6 Å². The number of carbonyl (C=O) groups is 1. The highest BCUT2D eigenvalue weighted by Gasteiger charge is 2.06. The standard InChI is InChI=1S/C12H13IN4O/c1-8-3-4-10(5-9(8)2)15-11(18)6-17-7-14-12(13)16-17/h3-5,7H,6H2,1-2H3,(H,15,18). The van der Waals surface area contributed by atoms with Gasteiger partial charge in [0, 0.05) is 28.3 Å². The number of halogens is 1. The number of hydrogen-bond acceptors (Lipinski definition) is 3. The van der Waals surface area contributed by atoms with Gasteiger partial charge in [0.1, 0.15) is 12.9 Å². The third-order valence-corrected chi connectivity index (χ3v) is 3.10. The molecule has 2 aromatic rings. The van der Waals surface area contributed by atoms with E-state index in [0.29, 0.717) is 3.83 Å². The van der Waals surface area contributed by atoms with Crippen molar-refractivity contribution < 1.29 is 4.79 Å². The van der Waals surface area contributed by atoms with Crippen LogP contribution in [0.1, 0.15) is 11.1 Å². The molecule has 2 rings (SSSR count). The Labute approximate surface area is 119 Å². The van der Waals surface area contributed by atoms with Gasteiger partial charge in [-0.2, -0.15) is 0 Å². The van der Waals surface area contributed by atoms with E-state index in [1.54, 1.807) is 6.33 Å². The van der Waals surface area contributed by atoms with Gasteiger partial charge >= 0.3 is 0 Å². The smallest absolute Gasteiger partial charge is 0.246 e. The summed E-state index contributed by atoms with van der Waals surface area (Å²) < 4.78 is 2.14. The molecule has 94 valence electrons. The fourth-order valence-electron chi connectivity index (χ4n) is 1.51. The predicted molar refractivity (Wildman–Crippen MR) is 77.3 cm³/mol. The molecule has 0 saturated carbocycles. The molecule has 0 unspecified atom stereocenters. The summed E-state index contributed by atoms with van der Waals surface area (Å²) in [6.07, 6.45) is 1.54. The fourth-order valence-corrected chi connectivity index (χ4v) is 1.92. The zero-order valence-corrected chi connectivity index (χ0v) is 12.3. The monoisotopic (exact) mass is 356 g/mol. The summed E-state index contributed by atoms with van der Waals surface area (Å²) in [4.78, 5) is 15.7. The van der Waals surface area contributed by atoms with E-state index >= 15 is 0 Å². The number of benzene rings is 1. The van der Waals surface area contributed by atoms with Gasteiger partial charge < -0.3 is 5.32 Å². The third kappa shape index (κ3) is 3.28. The summed E-state index contributed by atoms with van der Waals surface area (Å²) in [5.74, 6) is -0.112. The molecule has 5 nitrogen and oxygen atoms in total. The van der Waals surface area contributed by atoms with E-state index in [-0.39, 0.29) is 12.5 Å². The van der Waals surface area contributed by atoms with Crippen LogP contribution in [0.3, 0.4) is 0 Å². The summed E-state index contributed by atoms with van der Waals surface area (Å²) >= 11 is 2.00. The van der Waals surface area contributed by atoms with Gasteiger partial charge in [-0.15, -0.1) is 5.10 Å². The first-order valence-electron chi connectivity index (χ1n) is 5.46. The number of nitrogens with one attached hydrogen (secondary N) is 1. The van der Waals surface area contributed by atoms with Crippen molar-refractivity contribution in [2.45, 2.75) is 20.4 Å². The fraction of sp³-hybridized carbons (Fsp3) is 0.250. The summed E-state index contributed by atoms with van der Waals surface area (Å²) in [5, 5.41) is 6.89. The van der Waals surface area contributed by atoms with Crippen LogP contribution in [-0.2, 0) is 11.3 Å². The molecule has 0 atom stereocenters. The first-order valence-corrected chi connectivity index (χ1v) is 6.54. The van der Waals surface area contributed by atoms with Crippen LogP contribution in [0.15, 0.2) is 24.5 Å². The Bertz CT molecular complexity index is 579. The van der Waals surface area contributed by atoms with Gasteiger partial charge in [-0.05, 0) is 37.1 Å². The minimum Gasteiger partial charge on any atom is -0.324 e. The Kier molecular flexibility index (Phi) is 3.95. The number of amides is 1. The number of aromatic nitrogens is 3. The molecule has 0 aliphatic rings. The number of carbonyl (C=O) groups excluding carboxylic acids is 1. The largest absolute Gasteiger partial charge is 0.324 e. The minimum atomic E-state index is -0.112. The lowest BCUT2D eigenvalue weighted by Gasteiger charge is -2.07. The first-order chi connectivity index (χ1) is 8.54. The summed E-state index contributed by atoms with van der Waals surface area (Å²) in [6.45, 7) is 4.23. The van der Waals surface area contributed by atoms with Crippen LogP contribution in [0.25, 0.3) is 0 Å². The normalized spacial score (nSPS) is 10.4. The Balaban J connectivity index is 2.00. The number of aryl methyl sites for hydroxylation is 2. The predicted octanol–water partition coefficient (Wildman–Crippen LogP) is 2.14. The van der Waals surface area contributed by atoms with Gasteiger partial charge in [0.2, 0.25) is 9.74 Å². The average Bonchev–Trinajstić information content (AvgIpc) is 2.69. The van der Waals surface area contributed by atoms with Gasteiger partial charge in [0.25, 0.3) is 0 Å². The maximum Gasteiger partial charge on any atom is 0.246 e. The minimum absolute atomic E-state index is 0.112. The SMILES string of the molecule is Cc1ccc(NC(=O)Cn2cnc(I)n2)cc1C. The highest BCUT2D eigenvalue weighted by Crippen LogP contribution is 2.14. The van der Waals surface area contributed by atoms with Crippen molar-refractivity contribution in [3.8, 4) is 0 Å². The Morgan fingerprint density at radius 2 is 2.17 bits per heavy atom. The molecule has 0 aliphatic heterocycles. The van der Waals surface area contributed by atoms with Crippen molar-refractivity contribution in [3.05, 3.63) is 39.5 Å². The lowest BCUT2D eigenvalue weighted by molar-refractivity contribution is -0.116. The van der Waals surface area contributed by atoms with Crippen LogP contribution in [-0.4, -0.2) is 20.7 Å². The van der Waals surface area contributed by atoms with Crippen molar-refractivity contribution in [1.29, 1.82) is 0 Å². The molecule has 0 radical (unpaired) electrons. The molecule has 6 heteroatoms. The van der Waals surface area contributed by atoms with Crippen molar-refractivity contribution in [2.24, 2.45) is 0 Å². The molecule has 0 bridgehead atoms. The van der Waals surface area contributed by atoms with Crippen LogP contribution < -0.4 is 5.32 Å². The van der Waals surface area contributed by atoms with E-state index in [0.717, 1.165) is 11.3 Å². The van der Waals surface area contributed by atoms with Gasteiger partial charge in [0.15, 0.2) is 0 Å². The summed E-state index contributed by atoms with van der Waals surface area (Å²) in [5.41, 5.74) is 3.17. The van der Waals surface area contributed by atoms with Crippen molar-refractivity contribution >= 4 is 34.2 Å². The zero-order chi connectivity index (χ0) is 13.1. The van der Waals surface area contributed by atoms with E-state index in [4.69, 9.17) is 0 Å². The maximum absolute atomic E-state index is 11.8. The second-order valence-electron chi connectivity index (χ2n) is 4.06. The van der Waals surface area contributed by atoms with Crippen LogP contribution in [0.4, 0.5) is 5.69 Å². The third-order valence-electron chi connectivity index (χ3n) is 2.60. The Morgan fingerprint density at radius 1 is 1.39 bits per heavy atom. The number of nitrogens with zero attached hydrogens (tertiary/aromatic N) is 3. The van der Waals surface area contributed by atoms with Crippen LogP contribution in [0.5, 0.6) is 0 Å². The van der Waals surface area contributed by atoms with E-state index in [2.05, 4.69) is 15.4 Å². The molecule has 1 amide bonds. The summed E-state index contributed by atoms with van der Waals surface area (Å²) in [6, 6.07) is 5.84. The highest BCUT2D eigenvalue weighted by molar-refractivity contribution is 14.1. The second kappa shape index (κ2) is 5.47. The summed E-state index contributed by atoms with van der Waals surface area (Å²) in [7, 11) is 0. The van der Waals surface area contributed by atoms with Crippen molar-refractivity contribution in [3.63, 3.8) is 0 Å². The Hall–Kier alpha value is -1.44. The van der Waals surface area contributed by atoms with Gasteiger partial charge in [-0.25, -0.2) is 9.67 Å². The Morgan fingerprint density at radius 3 is 2.78 bits per heavy atom. The molecule has 1 aromatic heterocycles. The molecule has 0 aliphatic carbocycles. The molecule has 1 heterocycles. The zero-order valence-electron chi connectivity index (χ0n) is 10.1. The van der Waals surface area contributed by atoms with Crippen LogP contribution in [0.2, 0.25) is 0 Å². The van der Waals surface area contributed by atoms with Crippen molar-refractivity contribution in [2.75, 3.05) is 5.32 Å². The second-order valence-corrected chi connectivity index (χ2v) is 5.02. The lowest BCUT2D eigenvalue weighted by Crippen LogP contribution is -2.19. The highest BCUT2D eigenvalue weighted by atomic mass is 127. The van der Waals surface area contributed by atoms with E-state index in [1.807, 2.05) is 54.6 Å². The lowest BCUT2D eigenvalue weighted by atomic mass is 10.1. The molecular weight excluding hydrogens is 343 g/mol. The van der Waals surface area contributed by atoms with Crippen LogP contribution in [0, 0.1) is 17.7 Å². The van der Waals surface area contributed by atoms with Crippen molar-refractivity contribution in [1.82, 2.24) is 14.8 Å². The topological polar surface area (TPSA) is 59.8 Å². The number of hydrogen-bond donors (Lipinski definition) is 1.